The Labute approximate surface area is 178 Å². The normalized spacial score (nSPS) is 21.5. The summed E-state index contributed by atoms with van der Waals surface area (Å²) in [5, 5.41) is 16.1. The summed E-state index contributed by atoms with van der Waals surface area (Å²) < 4.78 is 41.7. The fourth-order valence-electron chi connectivity index (χ4n) is 4.68. The Balaban J connectivity index is 1.60. The second-order valence-electron chi connectivity index (χ2n) is 8.27. The third-order valence-electron chi connectivity index (χ3n) is 6.21. The average molecular weight is 428 g/mol. The highest BCUT2D eigenvalue weighted by atomic mass is 19.4. The van der Waals surface area contributed by atoms with Crippen molar-refractivity contribution in [2.45, 2.75) is 38.0 Å². The maximum Gasteiger partial charge on any atom is 0.418 e. The first-order valence-electron chi connectivity index (χ1n) is 10.5. The zero-order valence-corrected chi connectivity index (χ0v) is 16.9. The predicted octanol–water partition coefficient (Wildman–Crippen LogP) is 4.38. The van der Waals surface area contributed by atoms with Gasteiger partial charge in [0.15, 0.2) is 0 Å². The van der Waals surface area contributed by atoms with Gasteiger partial charge in [0, 0.05) is 36.7 Å². The largest absolute Gasteiger partial charge is 0.418 e. The standard InChI is InChI=1S/C23H23F3N4O/c24-23(25,26)20-7-6-17(29-10-8-18(31)14-29)11-21(20)30-13-16-3-1-5-19(16)22(28-30)15-4-2-9-27-12-15/h2,4,6-7,9,11-12,18,31H,1,3,5,8,10,13-14H2/t18-/m0/s1. The number of aliphatic hydroxyl groups is 1. The van der Waals surface area contributed by atoms with E-state index in [1.165, 1.54) is 11.1 Å². The van der Waals surface area contributed by atoms with Gasteiger partial charge < -0.3 is 10.0 Å². The quantitative estimate of drug-likeness (QED) is 0.789. The van der Waals surface area contributed by atoms with Crippen LogP contribution in [0.3, 0.4) is 0 Å². The number of hydrazone groups is 1. The first kappa shape index (κ1) is 20.1. The molecule has 0 amide bonds. The average Bonchev–Trinajstić information content (AvgIpc) is 3.41. The van der Waals surface area contributed by atoms with Crippen molar-refractivity contribution in [2.24, 2.45) is 5.10 Å². The van der Waals surface area contributed by atoms with Gasteiger partial charge in [0.1, 0.15) is 0 Å². The summed E-state index contributed by atoms with van der Waals surface area (Å²) in [5.74, 6) is 0. The highest BCUT2D eigenvalue weighted by molar-refractivity contribution is 6.14. The molecule has 3 aliphatic rings. The lowest BCUT2D eigenvalue weighted by atomic mass is 9.98. The lowest BCUT2D eigenvalue weighted by Gasteiger charge is -2.30. The summed E-state index contributed by atoms with van der Waals surface area (Å²) in [6.07, 6.45) is 1.77. The van der Waals surface area contributed by atoms with Crippen LogP contribution < -0.4 is 9.91 Å². The first-order valence-corrected chi connectivity index (χ1v) is 10.5. The van der Waals surface area contributed by atoms with Crippen LogP contribution in [0.5, 0.6) is 0 Å². The number of rotatable bonds is 3. The maximum absolute atomic E-state index is 13.9. The molecule has 1 aromatic carbocycles. The van der Waals surface area contributed by atoms with Crippen molar-refractivity contribution in [3.63, 3.8) is 0 Å². The molecule has 2 aliphatic heterocycles. The minimum absolute atomic E-state index is 0.0474. The molecule has 0 radical (unpaired) electrons. The second-order valence-corrected chi connectivity index (χ2v) is 8.27. The zero-order valence-electron chi connectivity index (χ0n) is 16.9. The van der Waals surface area contributed by atoms with Crippen LogP contribution in [0.2, 0.25) is 0 Å². The molecule has 2 aromatic rings. The van der Waals surface area contributed by atoms with E-state index in [9.17, 15) is 18.3 Å². The second kappa shape index (κ2) is 7.67. The van der Waals surface area contributed by atoms with E-state index in [-0.39, 0.29) is 5.69 Å². The van der Waals surface area contributed by atoms with Gasteiger partial charge in [-0.15, -0.1) is 0 Å². The van der Waals surface area contributed by atoms with Crippen LogP contribution in [0.25, 0.3) is 0 Å². The van der Waals surface area contributed by atoms with E-state index in [1.807, 2.05) is 17.0 Å². The van der Waals surface area contributed by atoms with E-state index in [0.717, 1.165) is 42.0 Å². The monoisotopic (exact) mass is 428 g/mol. The molecule has 31 heavy (non-hydrogen) atoms. The smallest absolute Gasteiger partial charge is 0.391 e. The number of benzene rings is 1. The first-order chi connectivity index (χ1) is 14.9. The Hall–Kier alpha value is -2.87. The minimum atomic E-state index is -4.49. The summed E-state index contributed by atoms with van der Waals surface area (Å²) in [4.78, 5) is 6.09. The van der Waals surface area contributed by atoms with Gasteiger partial charge in [-0.25, -0.2) is 0 Å². The van der Waals surface area contributed by atoms with Gasteiger partial charge in [0.25, 0.3) is 0 Å². The lowest BCUT2D eigenvalue weighted by Crippen LogP contribution is -2.30. The van der Waals surface area contributed by atoms with Crippen molar-refractivity contribution < 1.29 is 18.3 Å². The zero-order chi connectivity index (χ0) is 21.6. The molecule has 1 aliphatic carbocycles. The number of anilines is 2. The van der Waals surface area contributed by atoms with Gasteiger partial charge in [0.05, 0.1) is 29.6 Å². The van der Waals surface area contributed by atoms with E-state index in [2.05, 4.69) is 4.98 Å². The summed E-state index contributed by atoms with van der Waals surface area (Å²) in [7, 11) is 0. The third-order valence-corrected chi connectivity index (χ3v) is 6.21. The van der Waals surface area contributed by atoms with Gasteiger partial charge in [-0.1, -0.05) is 0 Å². The summed E-state index contributed by atoms with van der Waals surface area (Å²) in [5.41, 5.74) is 3.82. The lowest BCUT2D eigenvalue weighted by molar-refractivity contribution is -0.137. The van der Waals surface area contributed by atoms with Crippen molar-refractivity contribution in [1.29, 1.82) is 0 Å². The molecule has 1 N–H and O–H groups in total. The van der Waals surface area contributed by atoms with Crippen molar-refractivity contribution in [3.05, 3.63) is 65.0 Å². The van der Waals surface area contributed by atoms with Crippen LogP contribution in [0.15, 0.2) is 59.0 Å². The number of nitrogens with zero attached hydrogens (tertiary/aromatic N) is 4. The number of hydrogen-bond acceptors (Lipinski definition) is 5. The highest BCUT2D eigenvalue weighted by Crippen LogP contribution is 2.42. The number of alkyl halides is 3. The SMILES string of the molecule is O[C@H]1CCN(c2ccc(C(F)(F)F)c(N3CC4=C(CCC4)C(c4cccnc4)=N3)c2)C1. The van der Waals surface area contributed by atoms with E-state index in [4.69, 9.17) is 5.10 Å². The van der Waals surface area contributed by atoms with Gasteiger partial charge in [-0.05, 0) is 67.2 Å². The summed E-state index contributed by atoms with van der Waals surface area (Å²) in [6.45, 7) is 1.39. The van der Waals surface area contributed by atoms with Crippen molar-refractivity contribution in [3.8, 4) is 0 Å². The topological polar surface area (TPSA) is 52.0 Å². The molecule has 0 unspecified atom stereocenters. The molecule has 1 aromatic heterocycles. The molecular weight excluding hydrogens is 405 g/mol. The molecule has 0 saturated carbocycles. The molecule has 0 spiro atoms. The Bertz CT molecular complexity index is 1050. The number of aliphatic hydroxyl groups excluding tert-OH is 1. The highest BCUT2D eigenvalue weighted by Gasteiger charge is 2.37. The van der Waals surface area contributed by atoms with Crippen LogP contribution in [-0.2, 0) is 6.18 Å². The van der Waals surface area contributed by atoms with Crippen LogP contribution in [0, 0.1) is 0 Å². The minimum Gasteiger partial charge on any atom is -0.391 e. The molecule has 3 heterocycles. The summed E-state index contributed by atoms with van der Waals surface area (Å²) >= 11 is 0. The fraction of sp³-hybridized carbons (Fsp3) is 0.391. The molecule has 1 saturated heterocycles. The molecule has 5 nitrogen and oxygen atoms in total. The molecule has 162 valence electrons. The van der Waals surface area contributed by atoms with Crippen LogP contribution >= 0.6 is 0 Å². The van der Waals surface area contributed by atoms with Gasteiger partial charge in [-0.3, -0.25) is 9.99 Å². The number of hydrogen-bond donors (Lipinski definition) is 1. The Morgan fingerprint density at radius 1 is 1.13 bits per heavy atom. The number of pyridine rings is 1. The Kier molecular flexibility index (Phi) is 4.97. The molecule has 5 rings (SSSR count). The van der Waals surface area contributed by atoms with E-state index in [1.54, 1.807) is 18.5 Å². The molecule has 1 fully saturated rings. The van der Waals surface area contributed by atoms with Gasteiger partial charge in [-0.2, -0.15) is 18.3 Å². The molecular formula is C23H23F3N4O. The van der Waals surface area contributed by atoms with Crippen molar-refractivity contribution in [2.75, 3.05) is 29.5 Å². The number of aromatic nitrogens is 1. The van der Waals surface area contributed by atoms with E-state index in [0.29, 0.717) is 37.5 Å². The fourth-order valence-corrected chi connectivity index (χ4v) is 4.68. The Morgan fingerprint density at radius 3 is 2.71 bits per heavy atom. The predicted molar refractivity (Wildman–Crippen MR) is 113 cm³/mol. The maximum atomic E-state index is 13.9. The van der Waals surface area contributed by atoms with E-state index < -0.39 is 17.8 Å². The number of β-amino-alcohol motifs (C(OH)–C–C–N with tert-alkyl or cyclic N) is 1. The van der Waals surface area contributed by atoms with Crippen molar-refractivity contribution in [1.82, 2.24) is 4.98 Å². The van der Waals surface area contributed by atoms with Gasteiger partial charge >= 0.3 is 6.18 Å². The van der Waals surface area contributed by atoms with Gasteiger partial charge in [0.2, 0.25) is 0 Å². The Morgan fingerprint density at radius 2 is 2.00 bits per heavy atom. The van der Waals surface area contributed by atoms with Crippen LogP contribution in [0.1, 0.15) is 36.8 Å². The summed E-state index contributed by atoms with van der Waals surface area (Å²) in [6, 6.07) is 7.89. The van der Waals surface area contributed by atoms with Crippen LogP contribution in [0.4, 0.5) is 24.5 Å². The van der Waals surface area contributed by atoms with Crippen molar-refractivity contribution >= 4 is 17.1 Å². The number of halogens is 3. The van der Waals surface area contributed by atoms with Crippen LogP contribution in [-0.4, -0.2) is 41.5 Å². The third kappa shape index (κ3) is 3.80. The molecule has 1 atom stereocenters. The van der Waals surface area contributed by atoms with E-state index >= 15 is 0 Å². The number of allylic oxidation sites excluding steroid dienone is 1. The molecule has 8 heteroatoms. The molecule has 0 bridgehead atoms.